The van der Waals surface area contributed by atoms with Crippen LogP contribution in [0, 0.1) is 23.7 Å². The van der Waals surface area contributed by atoms with E-state index < -0.39 is 11.7 Å². The third kappa shape index (κ3) is 5.07. The molecule has 2 bridgehead atoms. The highest BCUT2D eigenvalue weighted by atomic mass is 35.5. The van der Waals surface area contributed by atoms with Gasteiger partial charge in [0.25, 0.3) is 0 Å². The third-order valence-corrected chi connectivity index (χ3v) is 9.16. The SMILES string of the molecule is C[C@H]1C2C[C@@H](OCc3c(-c4c(Cl)cccc4Cl)noc3C3CC3)CC1C2C(=O)Nc1cccc(C(F)(F)F)c1. The molecule has 39 heavy (non-hydrogen) atoms. The van der Waals surface area contributed by atoms with Gasteiger partial charge < -0.3 is 14.6 Å². The number of hydrogen-bond acceptors (Lipinski definition) is 4. The van der Waals surface area contributed by atoms with Gasteiger partial charge in [0, 0.05) is 28.7 Å². The number of benzene rings is 2. The summed E-state index contributed by atoms with van der Waals surface area (Å²) in [5.41, 5.74) is 1.46. The van der Waals surface area contributed by atoms with Crippen LogP contribution in [0.5, 0.6) is 0 Å². The molecule has 2 aromatic carbocycles. The van der Waals surface area contributed by atoms with E-state index in [-0.39, 0.29) is 35.5 Å². The Morgan fingerprint density at radius 1 is 1.10 bits per heavy atom. The fourth-order valence-electron chi connectivity index (χ4n) is 6.34. The molecular weight excluding hydrogens is 552 g/mol. The fourth-order valence-corrected chi connectivity index (χ4v) is 6.92. The Kier molecular flexibility index (Phi) is 6.92. The number of alkyl halides is 3. The molecule has 1 aromatic heterocycles. The van der Waals surface area contributed by atoms with Crippen LogP contribution in [-0.4, -0.2) is 17.2 Å². The van der Waals surface area contributed by atoms with Gasteiger partial charge in [0.1, 0.15) is 11.5 Å². The Morgan fingerprint density at radius 3 is 2.41 bits per heavy atom. The molecule has 2 atom stereocenters. The van der Waals surface area contributed by atoms with E-state index in [1.165, 1.54) is 12.1 Å². The summed E-state index contributed by atoms with van der Waals surface area (Å²) in [6, 6.07) is 10.1. The van der Waals surface area contributed by atoms with Crippen LogP contribution in [0.25, 0.3) is 11.3 Å². The normalized spacial score (nSPS) is 26.3. The monoisotopic (exact) mass is 578 g/mol. The molecule has 4 saturated carbocycles. The van der Waals surface area contributed by atoms with Crippen LogP contribution in [0.3, 0.4) is 0 Å². The minimum Gasteiger partial charge on any atom is -0.373 e. The summed E-state index contributed by atoms with van der Waals surface area (Å²) in [4.78, 5) is 13.1. The number of amides is 1. The number of nitrogens with zero attached hydrogens (tertiary/aromatic N) is 1. The third-order valence-electron chi connectivity index (χ3n) is 8.53. The first kappa shape index (κ1) is 26.7. The summed E-state index contributed by atoms with van der Waals surface area (Å²) >= 11 is 12.9. The van der Waals surface area contributed by atoms with Crippen LogP contribution in [0.1, 0.15) is 55.4 Å². The van der Waals surface area contributed by atoms with Crippen LogP contribution >= 0.6 is 23.2 Å². The maximum Gasteiger partial charge on any atom is 0.416 e. The predicted octanol–water partition coefficient (Wildman–Crippen LogP) is 8.36. The van der Waals surface area contributed by atoms with Crippen LogP contribution in [0.4, 0.5) is 18.9 Å². The molecule has 5 nitrogen and oxygen atoms in total. The van der Waals surface area contributed by atoms with Crippen molar-refractivity contribution in [2.75, 3.05) is 5.32 Å². The second-order valence-electron chi connectivity index (χ2n) is 10.9. The summed E-state index contributed by atoms with van der Waals surface area (Å²) in [6.07, 6.45) is -1.05. The van der Waals surface area contributed by atoms with E-state index in [1.807, 2.05) is 0 Å². The molecule has 4 aliphatic carbocycles. The zero-order valence-electron chi connectivity index (χ0n) is 21.1. The molecule has 4 aliphatic rings. The highest BCUT2D eigenvalue weighted by Crippen LogP contribution is 2.56. The molecule has 3 aromatic rings. The van der Waals surface area contributed by atoms with Gasteiger partial charge in [0.15, 0.2) is 0 Å². The highest BCUT2D eigenvalue weighted by Gasteiger charge is 2.56. The number of ether oxygens (including phenoxy) is 1. The van der Waals surface area contributed by atoms with Gasteiger partial charge in [-0.15, -0.1) is 0 Å². The number of carbonyl (C=O) groups is 1. The molecule has 0 spiro atoms. The van der Waals surface area contributed by atoms with Gasteiger partial charge in [0.2, 0.25) is 5.91 Å². The number of rotatable bonds is 7. The van der Waals surface area contributed by atoms with E-state index in [2.05, 4.69) is 17.4 Å². The summed E-state index contributed by atoms with van der Waals surface area (Å²) in [6.45, 7) is 2.42. The lowest BCUT2D eigenvalue weighted by atomic mass is 9.50. The number of carbonyl (C=O) groups excluding carboxylic acids is 1. The summed E-state index contributed by atoms with van der Waals surface area (Å²) in [7, 11) is 0. The number of halogens is 5. The number of hydrogen-bond donors (Lipinski definition) is 1. The van der Waals surface area contributed by atoms with Crippen LogP contribution in [0.2, 0.25) is 10.0 Å². The van der Waals surface area contributed by atoms with Crippen molar-refractivity contribution >= 4 is 34.8 Å². The maximum atomic E-state index is 13.1. The molecule has 10 heteroatoms. The lowest BCUT2D eigenvalue weighted by Gasteiger charge is -2.56. The smallest absolute Gasteiger partial charge is 0.373 e. The first-order valence-electron chi connectivity index (χ1n) is 13.1. The first-order valence-corrected chi connectivity index (χ1v) is 13.9. The Hall–Kier alpha value is -2.55. The van der Waals surface area contributed by atoms with Gasteiger partial charge in [-0.1, -0.05) is 47.4 Å². The lowest BCUT2D eigenvalue weighted by Crippen LogP contribution is -2.57. The standard InChI is InChI=1S/C29H27Cl2F3N2O3/c1-14-19-11-18(12-20(14)24(19)28(37)35-17-5-2-4-16(10-17)29(32,33)34)38-13-21-26(36-39-27(21)15-8-9-15)25-22(30)6-3-7-23(25)31/h2-7,10,14-15,18-20,24H,8-9,11-13H2,1H3,(H,35,37)/t14-,18+,19?,20?,24?. The fraction of sp³-hybridized carbons (Fsp3) is 0.448. The molecule has 2 unspecified atom stereocenters. The summed E-state index contributed by atoms with van der Waals surface area (Å²) < 4.78 is 51.4. The van der Waals surface area contributed by atoms with Crippen molar-refractivity contribution in [1.82, 2.24) is 5.16 Å². The maximum absolute atomic E-state index is 13.1. The first-order chi connectivity index (χ1) is 18.6. The van der Waals surface area contributed by atoms with Crippen LogP contribution < -0.4 is 5.32 Å². The minimum absolute atomic E-state index is 0.0506. The molecule has 0 radical (unpaired) electrons. The predicted molar refractivity (Wildman–Crippen MR) is 141 cm³/mol. The van der Waals surface area contributed by atoms with E-state index in [1.54, 1.807) is 18.2 Å². The summed E-state index contributed by atoms with van der Waals surface area (Å²) in [5.74, 6) is 1.20. The molecule has 1 amide bonds. The van der Waals surface area contributed by atoms with Gasteiger partial charge in [-0.25, -0.2) is 0 Å². The Balaban J connectivity index is 1.13. The molecular formula is C29H27Cl2F3N2O3. The van der Waals surface area contributed by atoms with Crippen molar-refractivity contribution in [1.29, 1.82) is 0 Å². The largest absolute Gasteiger partial charge is 0.416 e. The minimum atomic E-state index is -4.46. The van der Waals surface area contributed by atoms with Crippen LogP contribution in [0.15, 0.2) is 47.0 Å². The molecule has 1 N–H and O–H groups in total. The molecule has 7 rings (SSSR count). The van der Waals surface area contributed by atoms with Crippen LogP contribution in [-0.2, 0) is 22.3 Å². The lowest BCUT2D eigenvalue weighted by molar-refractivity contribution is -0.158. The van der Waals surface area contributed by atoms with E-state index in [9.17, 15) is 18.0 Å². The second-order valence-corrected chi connectivity index (χ2v) is 11.7. The number of fused-ring (bicyclic) bond motifs is 2. The van der Waals surface area contributed by atoms with E-state index >= 15 is 0 Å². The van der Waals surface area contributed by atoms with E-state index in [0.29, 0.717) is 52.6 Å². The van der Waals surface area contributed by atoms with Crippen molar-refractivity contribution in [3.63, 3.8) is 0 Å². The topological polar surface area (TPSA) is 64.4 Å². The molecule has 206 valence electrons. The number of aromatic nitrogens is 1. The Labute approximate surface area is 234 Å². The van der Waals surface area contributed by atoms with Crippen molar-refractivity contribution < 1.29 is 27.2 Å². The molecule has 0 saturated heterocycles. The van der Waals surface area contributed by atoms with Gasteiger partial charge in [-0.3, -0.25) is 4.79 Å². The van der Waals surface area contributed by atoms with Crippen molar-refractivity contribution in [3.05, 3.63) is 69.4 Å². The van der Waals surface area contributed by atoms with E-state index in [0.717, 1.165) is 36.3 Å². The van der Waals surface area contributed by atoms with Gasteiger partial charge >= 0.3 is 6.18 Å². The van der Waals surface area contributed by atoms with E-state index in [4.69, 9.17) is 32.5 Å². The highest BCUT2D eigenvalue weighted by molar-refractivity contribution is 6.39. The Morgan fingerprint density at radius 2 is 1.77 bits per heavy atom. The molecule has 1 heterocycles. The average molecular weight is 579 g/mol. The number of nitrogens with one attached hydrogen (secondary N) is 1. The van der Waals surface area contributed by atoms with Gasteiger partial charge in [0.05, 0.1) is 28.3 Å². The quantitative estimate of drug-likeness (QED) is 0.306. The zero-order valence-corrected chi connectivity index (χ0v) is 22.6. The van der Waals surface area contributed by atoms with Gasteiger partial charge in [-0.2, -0.15) is 13.2 Å². The Bertz CT molecular complexity index is 1370. The van der Waals surface area contributed by atoms with Crippen molar-refractivity contribution in [2.24, 2.45) is 23.7 Å². The molecule has 4 fully saturated rings. The summed E-state index contributed by atoms with van der Waals surface area (Å²) in [5, 5.41) is 8.01. The molecule has 0 aliphatic heterocycles. The second kappa shape index (κ2) is 10.1. The zero-order chi connectivity index (χ0) is 27.5. The van der Waals surface area contributed by atoms with Crippen molar-refractivity contribution in [2.45, 2.75) is 57.4 Å². The number of anilines is 1. The van der Waals surface area contributed by atoms with Crippen molar-refractivity contribution in [3.8, 4) is 11.3 Å². The average Bonchev–Trinajstić information content (AvgIpc) is 3.66. The van der Waals surface area contributed by atoms with Gasteiger partial charge in [-0.05, 0) is 73.8 Å².